The second kappa shape index (κ2) is 10.2. The zero-order chi connectivity index (χ0) is 23.3. The maximum absolute atomic E-state index is 13.7. The average molecular weight is 473 g/mol. The molecule has 0 fully saturated rings. The van der Waals surface area contributed by atoms with Gasteiger partial charge >= 0.3 is 6.03 Å². The molecule has 0 radical (unpaired) electrons. The number of carbonyl (C=O) groups excluding carboxylic acids is 3. The first-order valence-electron chi connectivity index (χ1n) is 9.27. The molecule has 32 heavy (non-hydrogen) atoms. The average Bonchev–Trinajstić information content (AvgIpc) is 2.75. The van der Waals surface area contributed by atoms with Crippen LogP contribution in [-0.4, -0.2) is 17.8 Å². The van der Waals surface area contributed by atoms with Crippen molar-refractivity contribution in [2.24, 2.45) is 0 Å². The Morgan fingerprint density at radius 3 is 2.19 bits per heavy atom. The largest absolute Gasteiger partial charge is 0.336 e. The fourth-order valence-corrected chi connectivity index (χ4v) is 3.12. The Kier molecular flexibility index (Phi) is 7.34. The maximum Gasteiger partial charge on any atom is 0.336 e. The summed E-state index contributed by atoms with van der Waals surface area (Å²) >= 11 is 10.3. The smallest absolute Gasteiger partial charge is 0.325 e. The fourth-order valence-electron chi connectivity index (χ4n) is 2.71. The number of hydrogen-bond acceptors (Lipinski definition) is 4. The van der Waals surface area contributed by atoms with E-state index in [0.717, 1.165) is 4.31 Å². The Bertz CT molecular complexity index is 1170. The van der Waals surface area contributed by atoms with Crippen LogP contribution in [-0.2, 0) is 4.79 Å². The van der Waals surface area contributed by atoms with Crippen LogP contribution >= 0.6 is 24.4 Å². The number of urea groups is 1. The molecule has 3 aromatic carbocycles. The summed E-state index contributed by atoms with van der Waals surface area (Å²) in [5.74, 6) is -1.47. The van der Waals surface area contributed by atoms with Crippen molar-refractivity contribution in [3.05, 3.63) is 83.1 Å². The molecule has 0 aromatic heterocycles. The summed E-state index contributed by atoms with van der Waals surface area (Å²) in [6.07, 6.45) is 0. The lowest BCUT2D eigenvalue weighted by Crippen LogP contribution is -2.26. The predicted molar refractivity (Wildman–Crippen MR) is 127 cm³/mol. The maximum atomic E-state index is 13.7. The minimum atomic E-state index is -0.620. The normalized spacial score (nSPS) is 10.2. The minimum Gasteiger partial charge on any atom is -0.325 e. The van der Waals surface area contributed by atoms with Crippen molar-refractivity contribution in [3.63, 3.8) is 0 Å². The molecule has 0 saturated heterocycles. The Balaban J connectivity index is 1.64. The standard InChI is InChI=1S/C22H18ClFN4O3S/c1-13(29)25-20-11-8-15(12-18(20)23)27-22(31)28(32)16-9-6-14(7-10-16)26-21(30)17-4-2-3-5-19(17)24/h2-12,32H,1H3,(H,25,29)(H,26,30)(H,27,31). The number of benzene rings is 3. The molecule has 0 bridgehead atoms. The van der Waals surface area contributed by atoms with Crippen LogP contribution in [0.3, 0.4) is 0 Å². The van der Waals surface area contributed by atoms with Crippen molar-refractivity contribution in [1.29, 1.82) is 0 Å². The monoisotopic (exact) mass is 472 g/mol. The van der Waals surface area contributed by atoms with Gasteiger partial charge in [-0.2, -0.15) is 0 Å². The fraction of sp³-hybridized carbons (Fsp3) is 0.0455. The first-order valence-corrected chi connectivity index (χ1v) is 10.1. The van der Waals surface area contributed by atoms with Crippen LogP contribution in [0.2, 0.25) is 5.02 Å². The first-order chi connectivity index (χ1) is 15.2. The molecule has 0 aliphatic rings. The summed E-state index contributed by atoms with van der Waals surface area (Å²) in [6.45, 7) is 1.36. The van der Waals surface area contributed by atoms with Gasteiger partial charge in [0.15, 0.2) is 0 Å². The van der Waals surface area contributed by atoms with Gasteiger partial charge in [-0.15, -0.1) is 0 Å². The number of hydrogen-bond donors (Lipinski definition) is 4. The Hall–Kier alpha value is -3.56. The summed E-state index contributed by atoms with van der Waals surface area (Å²) < 4.78 is 14.8. The third-order valence-electron chi connectivity index (χ3n) is 4.21. The number of thiol groups is 1. The molecule has 0 aliphatic heterocycles. The summed E-state index contributed by atoms with van der Waals surface area (Å²) in [7, 11) is 0. The number of amides is 4. The van der Waals surface area contributed by atoms with E-state index < -0.39 is 17.8 Å². The van der Waals surface area contributed by atoms with Gasteiger partial charge in [0, 0.05) is 18.3 Å². The molecule has 0 aliphatic carbocycles. The van der Waals surface area contributed by atoms with Crippen LogP contribution in [0.4, 0.5) is 31.9 Å². The van der Waals surface area contributed by atoms with E-state index in [1.165, 1.54) is 31.2 Å². The molecule has 0 saturated carbocycles. The predicted octanol–water partition coefficient (Wildman–Crippen LogP) is 5.57. The second-order valence-electron chi connectivity index (χ2n) is 6.60. The third-order valence-corrected chi connectivity index (χ3v) is 4.94. The van der Waals surface area contributed by atoms with Gasteiger partial charge in [-0.05, 0) is 54.6 Å². The third kappa shape index (κ3) is 5.77. The van der Waals surface area contributed by atoms with Crippen molar-refractivity contribution >= 4 is 65.0 Å². The van der Waals surface area contributed by atoms with E-state index in [-0.39, 0.29) is 16.5 Å². The van der Waals surface area contributed by atoms with Crippen LogP contribution in [0.15, 0.2) is 66.7 Å². The Morgan fingerprint density at radius 2 is 1.56 bits per heavy atom. The van der Waals surface area contributed by atoms with Crippen LogP contribution in [0.25, 0.3) is 0 Å². The second-order valence-corrected chi connectivity index (χ2v) is 7.41. The Labute approximate surface area is 194 Å². The van der Waals surface area contributed by atoms with Gasteiger partial charge in [0.25, 0.3) is 5.91 Å². The van der Waals surface area contributed by atoms with E-state index in [2.05, 4.69) is 28.8 Å². The first kappa shape index (κ1) is 23.1. The van der Waals surface area contributed by atoms with Crippen LogP contribution in [0.1, 0.15) is 17.3 Å². The minimum absolute atomic E-state index is 0.0741. The quantitative estimate of drug-likeness (QED) is 0.366. The molecule has 0 atom stereocenters. The highest BCUT2D eigenvalue weighted by atomic mass is 35.5. The van der Waals surface area contributed by atoms with E-state index in [1.807, 2.05) is 0 Å². The highest BCUT2D eigenvalue weighted by molar-refractivity contribution is 7.82. The zero-order valence-corrected chi connectivity index (χ0v) is 18.4. The van der Waals surface area contributed by atoms with Crippen molar-refractivity contribution in [3.8, 4) is 0 Å². The molecular formula is C22H18ClFN4O3S. The number of nitrogens with zero attached hydrogens (tertiary/aromatic N) is 1. The lowest BCUT2D eigenvalue weighted by Gasteiger charge is -2.17. The molecular weight excluding hydrogens is 455 g/mol. The van der Waals surface area contributed by atoms with E-state index in [0.29, 0.717) is 22.7 Å². The van der Waals surface area contributed by atoms with E-state index >= 15 is 0 Å². The summed E-state index contributed by atoms with van der Waals surface area (Å²) in [6, 6.07) is 16.0. The summed E-state index contributed by atoms with van der Waals surface area (Å²) in [5.41, 5.74) is 1.60. The van der Waals surface area contributed by atoms with Crippen molar-refractivity contribution in [2.75, 3.05) is 20.3 Å². The number of carbonyl (C=O) groups is 3. The zero-order valence-electron chi connectivity index (χ0n) is 16.7. The highest BCUT2D eigenvalue weighted by Crippen LogP contribution is 2.27. The highest BCUT2D eigenvalue weighted by Gasteiger charge is 2.15. The number of anilines is 4. The number of halogens is 2. The van der Waals surface area contributed by atoms with Gasteiger partial charge in [0.05, 0.1) is 22.0 Å². The van der Waals surface area contributed by atoms with Gasteiger partial charge < -0.3 is 16.0 Å². The molecule has 164 valence electrons. The molecule has 0 spiro atoms. The van der Waals surface area contributed by atoms with Crippen LogP contribution < -0.4 is 20.3 Å². The molecule has 4 amide bonds. The molecule has 3 N–H and O–H groups in total. The van der Waals surface area contributed by atoms with Crippen LogP contribution in [0.5, 0.6) is 0 Å². The van der Waals surface area contributed by atoms with Crippen LogP contribution in [0, 0.1) is 5.82 Å². The number of rotatable bonds is 5. The van der Waals surface area contributed by atoms with Gasteiger partial charge in [-0.25, -0.2) is 13.5 Å². The molecule has 3 aromatic rings. The molecule has 0 heterocycles. The summed E-state index contributed by atoms with van der Waals surface area (Å²) in [4.78, 5) is 35.8. The summed E-state index contributed by atoms with van der Waals surface area (Å²) in [5, 5.41) is 8.07. The van der Waals surface area contributed by atoms with E-state index in [9.17, 15) is 18.8 Å². The molecule has 7 nitrogen and oxygen atoms in total. The SMILES string of the molecule is CC(=O)Nc1ccc(NC(=O)N(S)c2ccc(NC(=O)c3ccccc3F)cc2)cc1Cl. The molecule has 10 heteroatoms. The van der Waals surface area contributed by atoms with E-state index in [1.54, 1.807) is 42.5 Å². The van der Waals surface area contributed by atoms with E-state index in [4.69, 9.17) is 11.6 Å². The number of nitrogens with one attached hydrogen (secondary N) is 3. The lowest BCUT2D eigenvalue weighted by molar-refractivity contribution is -0.114. The van der Waals surface area contributed by atoms with Crippen molar-refractivity contribution < 1.29 is 18.8 Å². The van der Waals surface area contributed by atoms with Crippen molar-refractivity contribution in [1.82, 2.24) is 0 Å². The molecule has 3 rings (SSSR count). The topological polar surface area (TPSA) is 90.5 Å². The van der Waals surface area contributed by atoms with Gasteiger partial charge in [0.2, 0.25) is 5.91 Å². The van der Waals surface area contributed by atoms with Gasteiger partial charge in [0.1, 0.15) is 5.82 Å². The lowest BCUT2D eigenvalue weighted by atomic mass is 10.2. The van der Waals surface area contributed by atoms with Gasteiger partial charge in [-0.3, -0.25) is 9.59 Å². The van der Waals surface area contributed by atoms with Gasteiger partial charge in [-0.1, -0.05) is 36.5 Å². The molecule has 0 unspecified atom stereocenters. The van der Waals surface area contributed by atoms with Crippen molar-refractivity contribution in [2.45, 2.75) is 6.92 Å². The Morgan fingerprint density at radius 1 is 0.906 bits per heavy atom.